The summed E-state index contributed by atoms with van der Waals surface area (Å²) in [5.74, 6) is 1.16. The average molecular weight is 311 g/mol. The molecule has 1 aliphatic rings. The van der Waals surface area contributed by atoms with Crippen molar-refractivity contribution in [1.82, 2.24) is 9.88 Å². The Bertz CT molecular complexity index is 675. The van der Waals surface area contributed by atoms with Crippen LogP contribution >= 0.6 is 11.8 Å². The lowest BCUT2D eigenvalue weighted by Gasteiger charge is -2.33. The first-order valence-electron chi connectivity index (χ1n) is 7.03. The average Bonchev–Trinajstić information content (AvgIpc) is 2.88. The fourth-order valence-corrected chi connectivity index (χ4v) is 3.58. The molecule has 1 atom stereocenters. The standard InChI is InChI=1S/C17H17N3OS/c1-2-12-20-16(19-15-10-6-7-11-18-15)22-13-17(20,21)14-8-4-3-5-9-14/h2-11,21H,1,12-13H2. The third-order valence-corrected chi connectivity index (χ3v) is 4.60. The molecule has 22 heavy (non-hydrogen) atoms. The van der Waals surface area contributed by atoms with Crippen molar-refractivity contribution in [2.24, 2.45) is 4.99 Å². The molecule has 5 heteroatoms. The van der Waals surface area contributed by atoms with E-state index in [0.717, 1.165) is 10.7 Å². The van der Waals surface area contributed by atoms with Gasteiger partial charge in [0, 0.05) is 18.3 Å². The molecule has 0 amide bonds. The number of thioether (sulfide) groups is 1. The van der Waals surface area contributed by atoms with Gasteiger partial charge in [-0.15, -0.1) is 6.58 Å². The van der Waals surface area contributed by atoms with Crippen LogP contribution in [0.2, 0.25) is 0 Å². The fraction of sp³-hybridized carbons (Fsp3) is 0.176. The molecule has 4 nitrogen and oxygen atoms in total. The molecule has 3 rings (SSSR count). The second-order valence-electron chi connectivity index (χ2n) is 4.95. The number of pyridine rings is 1. The summed E-state index contributed by atoms with van der Waals surface area (Å²) >= 11 is 1.53. The van der Waals surface area contributed by atoms with E-state index in [2.05, 4.69) is 16.6 Å². The molecular formula is C17H17N3OS. The van der Waals surface area contributed by atoms with Crippen LogP contribution in [0.25, 0.3) is 0 Å². The zero-order chi connectivity index (χ0) is 15.4. The molecule has 0 saturated carbocycles. The Hall–Kier alpha value is -2.11. The van der Waals surface area contributed by atoms with E-state index in [1.807, 2.05) is 53.4 Å². The van der Waals surface area contributed by atoms with Crippen molar-refractivity contribution in [3.63, 3.8) is 0 Å². The monoisotopic (exact) mass is 311 g/mol. The van der Waals surface area contributed by atoms with E-state index in [1.165, 1.54) is 11.8 Å². The number of hydrogen-bond acceptors (Lipinski definition) is 4. The van der Waals surface area contributed by atoms with Gasteiger partial charge in [-0.25, -0.2) is 9.98 Å². The normalized spacial score (nSPS) is 23.0. The number of nitrogens with zero attached hydrogens (tertiary/aromatic N) is 3. The highest BCUT2D eigenvalue weighted by Crippen LogP contribution is 2.39. The van der Waals surface area contributed by atoms with E-state index < -0.39 is 5.72 Å². The maximum absolute atomic E-state index is 11.2. The minimum Gasteiger partial charge on any atom is -0.366 e. The number of aliphatic hydroxyl groups is 1. The fourth-order valence-electron chi connectivity index (χ4n) is 2.39. The van der Waals surface area contributed by atoms with Crippen LogP contribution in [-0.4, -0.2) is 32.5 Å². The van der Waals surface area contributed by atoms with Crippen molar-refractivity contribution in [2.45, 2.75) is 5.72 Å². The second-order valence-corrected chi connectivity index (χ2v) is 5.90. The van der Waals surface area contributed by atoms with Crippen LogP contribution in [0.15, 0.2) is 72.4 Å². The van der Waals surface area contributed by atoms with Crippen molar-refractivity contribution < 1.29 is 5.11 Å². The van der Waals surface area contributed by atoms with Crippen molar-refractivity contribution >= 4 is 22.7 Å². The Morgan fingerprint density at radius 2 is 2.05 bits per heavy atom. The molecule has 1 aliphatic heterocycles. The Morgan fingerprint density at radius 3 is 2.73 bits per heavy atom. The lowest BCUT2D eigenvalue weighted by atomic mass is 10.0. The molecule has 0 radical (unpaired) electrons. The molecule has 1 saturated heterocycles. The molecule has 1 fully saturated rings. The van der Waals surface area contributed by atoms with Crippen LogP contribution in [0.1, 0.15) is 5.56 Å². The number of hydrogen-bond donors (Lipinski definition) is 1. The summed E-state index contributed by atoms with van der Waals surface area (Å²) in [5, 5.41) is 11.9. The predicted octanol–water partition coefficient (Wildman–Crippen LogP) is 3.15. The summed E-state index contributed by atoms with van der Waals surface area (Å²) in [6.07, 6.45) is 3.48. The van der Waals surface area contributed by atoms with Gasteiger partial charge in [-0.3, -0.25) is 0 Å². The van der Waals surface area contributed by atoms with E-state index in [4.69, 9.17) is 0 Å². The molecule has 0 spiro atoms. The highest BCUT2D eigenvalue weighted by atomic mass is 32.2. The van der Waals surface area contributed by atoms with Gasteiger partial charge in [0.25, 0.3) is 0 Å². The van der Waals surface area contributed by atoms with Gasteiger partial charge in [-0.05, 0) is 12.1 Å². The molecule has 1 aromatic carbocycles. The summed E-state index contributed by atoms with van der Waals surface area (Å²) in [4.78, 5) is 10.7. The molecule has 1 aromatic heterocycles. The van der Waals surface area contributed by atoms with Crippen LogP contribution in [0.3, 0.4) is 0 Å². The Balaban J connectivity index is 1.98. The van der Waals surface area contributed by atoms with Gasteiger partial charge < -0.3 is 10.0 Å². The first-order valence-corrected chi connectivity index (χ1v) is 8.01. The highest BCUT2D eigenvalue weighted by molar-refractivity contribution is 8.14. The van der Waals surface area contributed by atoms with Gasteiger partial charge in [-0.2, -0.15) is 0 Å². The number of amidine groups is 1. The molecule has 0 aliphatic carbocycles. The SMILES string of the molecule is C=CCN1C(=Nc2ccccn2)SCC1(O)c1ccccc1. The van der Waals surface area contributed by atoms with Crippen molar-refractivity contribution in [1.29, 1.82) is 0 Å². The first kappa shape index (κ1) is 14.8. The van der Waals surface area contributed by atoms with E-state index in [1.54, 1.807) is 12.3 Å². The van der Waals surface area contributed by atoms with Crippen LogP contribution < -0.4 is 0 Å². The lowest BCUT2D eigenvalue weighted by Crippen LogP contribution is -2.44. The van der Waals surface area contributed by atoms with Gasteiger partial charge in [0.2, 0.25) is 0 Å². The van der Waals surface area contributed by atoms with Crippen LogP contribution in [0, 0.1) is 0 Å². The van der Waals surface area contributed by atoms with Crippen LogP contribution in [0.5, 0.6) is 0 Å². The van der Waals surface area contributed by atoms with Crippen molar-refractivity contribution in [3.8, 4) is 0 Å². The molecule has 112 valence electrons. The van der Waals surface area contributed by atoms with Crippen LogP contribution in [-0.2, 0) is 5.72 Å². The summed E-state index contributed by atoms with van der Waals surface area (Å²) < 4.78 is 0. The minimum atomic E-state index is -1.08. The largest absolute Gasteiger partial charge is 0.366 e. The summed E-state index contributed by atoms with van der Waals surface area (Å²) in [6.45, 7) is 4.31. The third-order valence-electron chi connectivity index (χ3n) is 3.49. The van der Waals surface area contributed by atoms with E-state index >= 15 is 0 Å². The number of aromatic nitrogens is 1. The van der Waals surface area contributed by atoms with E-state index in [9.17, 15) is 5.11 Å². The van der Waals surface area contributed by atoms with Crippen molar-refractivity contribution in [3.05, 3.63) is 72.9 Å². The number of rotatable bonds is 4. The van der Waals surface area contributed by atoms with Gasteiger partial charge in [0.1, 0.15) is 0 Å². The van der Waals surface area contributed by atoms with Gasteiger partial charge in [0.15, 0.2) is 16.7 Å². The summed E-state index contributed by atoms with van der Waals surface area (Å²) in [5.41, 5.74) is -0.219. The summed E-state index contributed by atoms with van der Waals surface area (Å²) in [6, 6.07) is 15.3. The van der Waals surface area contributed by atoms with Gasteiger partial charge in [0.05, 0.1) is 5.75 Å². The zero-order valence-corrected chi connectivity index (χ0v) is 12.9. The number of aliphatic imine (C=N–C) groups is 1. The zero-order valence-electron chi connectivity index (χ0n) is 12.1. The Kier molecular flexibility index (Phi) is 4.27. The highest BCUT2D eigenvalue weighted by Gasteiger charge is 2.44. The minimum absolute atomic E-state index is 0.518. The van der Waals surface area contributed by atoms with Gasteiger partial charge >= 0.3 is 0 Å². The van der Waals surface area contributed by atoms with Gasteiger partial charge in [-0.1, -0.05) is 54.2 Å². The predicted molar refractivity (Wildman–Crippen MR) is 91.0 cm³/mol. The van der Waals surface area contributed by atoms with Crippen molar-refractivity contribution in [2.75, 3.05) is 12.3 Å². The molecule has 1 N–H and O–H groups in total. The van der Waals surface area contributed by atoms with E-state index in [-0.39, 0.29) is 0 Å². The molecule has 1 unspecified atom stereocenters. The quantitative estimate of drug-likeness (QED) is 0.881. The second kappa shape index (κ2) is 6.34. The smallest absolute Gasteiger partial charge is 0.175 e. The van der Waals surface area contributed by atoms with Crippen LogP contribution in [0.4, 0.5) is 5.82 Å². The van der Waals surface area contributed by atoms with E-state index in [0.29, 0.717) is 18.1 Å². The topological polar surface area (TPSA) is 48.7 Å². The Labute approximate surface area is 134 Å². The maximum atomic E-state index is 11.2. The number of benzene rings is 1. The molecule has 0 bridgehead atoms. The third kappa shape index (κ3) is 2.77. The molecule has 2 heterocycles. The Morgan fingerprint density at radius 1 is 1.27 bits per heavy atom. The molecule has 2 aromatic rings. The molecular weight excluding hydrogens is 294 g/mol. The first-order chi connectivity index (χ1) is 10.7. The lowest BCUT2D eigenvalue weighted by molar-refractivity contribution is -0.0422. The summed E-state index contributed by atoms with van der Waals surface area (Å²) in [7, 11) is 0. The maximum Gasteiger partial charge on any atom is 0.175 e.